The van der Waals surface area contributed by atoms with Gasteiger partial charge >= 0.3 is 0 Å². The monoisotopic (exact) mass is 528 g/mol. The van der Waals surface area contributed by atoms with E-state index in [1.165, 1.54) is 0 Å². The summed E-state index contributed by atoms with van der Waals surface area (Å²) >= 11 is 0. The first-order valence-electron chi connectivity index (χ1n) is 13.1. The molecule has 0 radical (unpaired) electrons. The van der Waals surface area contributed by atoms with Crippen LogP contribution in [0.1, 0.15) is 40.3 Å². The van der Waals surface area contributed by atoms with Crippen LogP contribution in [0.5, 0.6) is 11.5 Å². The zero-order valence-corrected chi connectivity index (χ0v) is 23.2. The molecule has 7 nitrogen and oxygen atoms in total. The minimum Gasteiger partial charge on any atom is -0.507 e. The highest BCUT2D eigenvalue weighted by atomic mass is 16.5. The van der Waals surface area contributed by atoms with Gasteiger partial charge in [-0.25, -0.2) is 0 Å². The summed E-state index contributed by atoms with van der Waals surface area (Å²) in [6.45, 7) is 5.28. The molecule has 0 spiro atoms. The Labute approximate surface area is 230 Å². The van der Waals surface area contributed by atoms with E-state index in [0.29, 0.717) is 42.2 Å². The highest BCUT2D eigenvalue weighted by Gasteiger charge is 2.46. The maximum absolute atomic E-state index is 13.4. The first kappa shape index (κ1) is 27.9. The van der Waals surface area contributed by atoms with Gasteiger partial charge in [-0.3, -0.25) is 9.59 Å². The maximum atomic E-state index is 13.4. The lowest BCUT2D eigenvalue weighted by Gasteiger charge is -2.26. The van der Waals surface area contributed by atoms with E-state index in [9.17, 15) is 14.7 Å². The number of nitrogens with zero attached hydrogens (tertiary/aromatic N) is 2. The average molecular weight is 529 g/mol. The quantitative estimate of drug-likeness (QED) is 0.220. The summed E-state index contributed by atoms with van der Waals surface area (Å²) in [7, 11) is 5.48. The minimum absolute atomic E-state index is 0.0820. The van der Waals surface area contributed by atoms with Gasteiger partial charge in [0.1, 0.15) is 12.4 Å². The van der Waals surface area contributed by atoms with E-state index in [2.05, 4.69) is 0 Å². The van der Waals surface area contributed by atoms with Crippen LogP contribution < -0.4 is 9.47 Å². The van der Waals surface area contributed by atoms with Gasteiger partial charge in [-0.15, -0.1) is 0 Å². The predicted octanol–water partition coefficient (Wildman–Crippen LogP) is 5.26. The van der Waals surface area contributed by atoms with E-state index in [1.807, 2.05) is 87.4 Å². The van der Waals surface area contributed by atoms with Gasteiger partial charge in [0.2, 0.25) is 0 Å². The van der Waals surface area contributed by atoms with E-state index in [0.717, 1.165) is 23.2 Å². The Morgan fingerprint density at radius 2 is 1.72 bits per heavy atom. The number of aliphatic hydroxyl groups excluding tert-OH is 1. The Bertz CT molecular complexity index is 1380. The summed E-state index contributed by atoms with van der Waals surface area (Å²) < 4.78 is 11.7. The summed E-state index contributed by atoms with van der Waals surface area (Å²) in [5.74, 6) is -0.447. The van der Waals surface area contributed by atoms with Crippen molar-refractivity contribution in [2.24, 2.45) is 0 Å². The summed E-state index contributed by atoms with van der Waals surface area (Å²) in [4.78, 5) is 30.3. The van der Waals surface area contributed by atoms with Crippen molar-refractivity contribution in [3.8, 4) is 11.5 Å². The third kappa shape index (κ3) is 6.15. The maximum Gasteiger partial charge on any atom is 0.295 e. The largest absolute Gasteiger partial charge is 0.507 e. The first-order chi connectivity index (χ1) is 18.7. The van der Waals surface area contributed by atoms with Crippen LogP contribution in [0.3, 0.4) is 0 Å². The van der Waals surface area contributed by atoms with Crippen LogP contribution in [-0.4, -0.2) is 60.9 Å². The summed E-state index contributed by atoms with van der Waals surface area (Å²) in [6.07, 6.45) is 0.676. The van der Waals surface area contributed by atoms with Crippen molar-refractivity contribution in [1.29, 1.82) is 0 Å². The molecule has 0 bridgehead atoms. The molecule has 0 aromatic heterocycles. The molecular formula is C32H36N2O5. The number of likely N-dealkylation sites (tertiary alicyclic amines) is 1. The Hall–Kier alpha value is -4.10. The second-order valence-corrected chi connectivity index (χ2v) is 10.2. The number of carbonyl (C=O) groups is 2. The van der Waals surface area contributed by atoms with Gasteiger partial charge < -0.3 is 24.4 Å². The van der Waals surface area contributed by atoms with Gasteiger partial charge in [-0.1, -0.05) is 54.1 Å². The molecule has 4 rings (SSSR count). The van der Waals surface area contributed by atoms with E-state index < -0.39 is 17.7 Å². The lowest BCUT2D eigenvalue weighted by Crippen LogP contribution is -2.32. The molecule has 1 unspecified atom stereocenters. The normalized spacial score (nSPS) is 16.7. The first-order valence-corrected chi connectivity index (χ1v) is 13.1. The van der Waals surface area contributed by atoms with Crippen LogP contribution in [0.15, 0.2) is 72.3 Å². The lowest BCUT2D eigenvalue weighted by atomic mass is 9.93. The van der Waals surface area contributed by atoms with E-state index in [1.54, 1.807) is 24.1 Å². The number of ether oxygens (including phenoxy) is 2. The van der Waals surface area contributed by atoms with Crippen molar-refractivity contribution < 1.29 is 24.2 Å². The number of aliphatic hydroxyl groups is 1. The van der Waals surface area contributed by atoms with E-state index >= 15 is 0 Å². The number of hydrogen-bond acceptors (Lipinski definition) is 6. The fraction of sp³-hybridized carbons (Fsp3) is 0.312. The molecule has 1 fully saturated rings. The number of aryl methyl sites for hydroxylation is 2. The van der Waals surface area contributed by atoms with E-state index in [-0.39, 0.29) is 11.3 Å². The van der Waals surface area contributed by atoms with Crippen LogP contribution in [0.4, 0.5) is 0 Å². The highest BCUT2D eigenvalue weighted by Crippen LogP contribution is 2.42. The summed E-state index contributed by atoms with van der Waals surface area (Å²) in [5.41, 5.74) is 4.07. The number of carbonyl (C=O) groups excluding carboxylic acids is 2. The van der Waals surface area contributed by atoms with Crippen molar-refractivity contribution in [3.05, 3.63) is 100 Å². The number of Topliss-reactive ketones (excluding diaryl/α,β-unsaturated/α-hetero) is 1. The van der Waals surface area contributed by atoms with Crippen molar-refractivity contribution in [3.63, 3.8) is 0 Å². The van der Waals surface area contributed by atoms with Crippen LogP contribution in [0.2, 0.25) is 0 Å². The number of rotatable bonds is 10. The molecule has 7 heteroatoms. The van der Waals surface area contributed by atoms with Gasteiger partial charge in [0.25, 0.3) is 11.7 Å². The smallest absolute Gasteiger partial charge is 0.295 e. The van der Waals surface area contributed by atoms with Gasteiger partial charge in [0.15, 0.2) is 11.5 Å². The Morgan fingerprint density at radius 3 is 2.41 bits per heavy atom. The standard InChI is InChI=1S/C32H36N2O5/c1-21-12-13-22(2)25(18-21)30(35)28-29(34(32(37)31(28)36)17-9-16-33(3)4)24-14-15-26(27(19-24)38-5)39-20-23-10-7-6-8-11-23/h6-8,10-15,18-19,29,35H,9,16-17,20H2,1-5H3/b30-28+. The second kappa shape index (κ2) is 12.2. The fourth-order valence-electron chi connectivity index (χ4n) is 4.86. The average Bonchev–Trinajstić information content (AvgIpc) is 3.18. The number of amides is 1. The number of hydrogen-bond donors (Lipinski definition) is 1. The van der Waals surface area contributed by atoms with Gasteiger partial charge in [-0.05, 0) is 75.8 Å². The molecule has 1 saturated heterocycles. The Balaban J connectivity index is 1.77. The number of benzene rings is 3. The summed E-state index contributed by atoms with van der Waals surface area (Å²) in [5, 5.41) is 11.5. The molecule has 204 valence electrons. The van der Waals surface area contributed by atoms with Gasteiger partial charge in [-0.2, -0.15) is 0 Å². The van der Waals surface area contributed by atoms with Crippen molar-refractivity contribution >= 4 is 17.4 Å². The zero-order valence-electron chi connectivity index (χ0n) is 23.2. The van der Waals surface area contributed by atoms with Crippen LogP contribution in [-0.2, 0) is 16.2 Å². The molecule has 3 aromatic carbocycles. The molecule has 1 amide bonds. The molecule has 1 N–H and O–H groups in total. The van der Waals surface area contributed by atoms with Crippen molar-refractivity contribution in [1.82, 2.24) is 9.80 Å². The van der Waals surface area contributed by atoms with Crippen LogP contribution >= 0.6 is 0 Å². The Morgan fingerprint density at radius 1 is 0.974 bits per heavy atom. The van der Waals surface area contributed by atoms with Crippen molar-refractivity contribution in [2.45, 2.75) is 32.9 Å². The Kier molecular flexibility index (Phi) is 8.72. The van der Waals surface area contributed by atoms with E-state index in [4.69, 9.17) is 9.47 Å². The minimum atomic E-state index is -0.760. The topological polar surface area (TPSA) is 79.3 Å². The molecule has 1 aliphatic heterocycles. The molecule has 1 heterocycles. The molecular weight excluding hydrogens is 492 g/mol. The molecule has 0 aliphatic carbocycles. The third-order valence-electron chi connectivity index (χ3n) is 6.93. The number of ketones is 1. The predicted molar refractivity (Wildman–Crippen MR) is 152 cm³/mol. The van der Waals surface area contributed by atoms with Crippen LogP contribution in [0, 0.1) is 13.8 Å². The molecule has 3 aromatic rings. The highest BCUT2D eigenvalue weighted by molar-refractivity contribution is 6.46. The zero-order chi connectivity index (χ0) is 28.1. The van der Waals surface area contributed by atoms with Crippen molar-refractivity contribution in [2.75, 3.05) is 34.3 Å². The number of methoxy groups -OCH3 is 1. The molecule has 1 aliphatic rings. The van der Waals surface area contributed by atoms with Gasteiger partial charge in [0, 0.05) is 12.1 Å². The molecule has 1 atom stereocenters. The van der Waals surface area contributed by atoms with Gasteiger partial charge in [0.05, 0.1) is 18.7 Å². The van der Waals surface area contributed by atoms with Crippen LogP contribution in [0.25, 0.3) is 5.76 Å². The summed E-state index contributed by atoms with van der Waals surface area (Å²) in [6, 6.07) is 20.1. The molecule has 0 saturated carbocycles. The molecule has 39 heavy (non-hydrogen) atoms. The fourth-order valence-corrected chi connectivity index (χ4v) is 4.86. The lowest BCUT2D eigenvalue weighted by molar-refractivity contribution is -0.139. The third-order valence-corrected chi connectivity index (χ3v) is 6.93. The SMILES string of the molecule is COc1cc(C2/C(=C(\O)c3cc(C)ccc3C)C(=O)C(=O)N2CCCN(C)C)ccc1OCc1ccccc1. The second-order valence-electron chi connectivity index (χ2n) is 10.2.